The Morgan fingerprint density at radius 2 is 2.03 bits per heavy atom. The van der Waals surface area contributed by atoms with E-state index in [-0.39, 0.29) is 18.5 Å². The van der Waals surface area contributed by atoms with Crippen molar-refractivity contribution in [2.45, 2.75) is 6.42 Å². The highest BCUT2D eigenvalue weighted by atomic mass is 19.1. The van der Waals surface area contributed by atoms with Crippen LogP contribution in [0.25, 0.3) is 22.5 Å². The lowest BCUT2D eigenvalue weighted by Gasteiger charge is -2.16. The molecule has 0 aliphatic carbocycles. The predicted molar refractivity (Wildman–Crippen MR) is 105 cm³/mol. The highest BCUT2D eigenvalue weighted by molar-refractivity contribution is 5.94. The van der Waals surface area contributed by atoms with Gasteiger partial charge < -0.3 is 19.1 Å². The third-order valence-corrected chi connectivity index (χ3v) is 4.70. The van der Waals surface area contributed by atoms with E-state index < -0.39 is 17.5 Å². The van der Waals surface area contributed by atoms with Gasteiger partial charge in [0.2, 0.25) is 0 Å². The van der Waals surface area contributed by atoms with Gasteiger partial charge in [0, 0.05) is 37.0 Å². The zero-order valence-corrected chi connectivity index (χ0v) is 16.3. The summed E-state index contributed by atoms with van der Waals surface area (Å²) >= 11 is 0. The van der Waals surface area contributed by atoms with E-state index in [2.05, 4.69) is 15.1 Å². The molecule has 7 nitrogen and oxygen atoms in total. The number of methoxy groups -OCH3 is 1. The van der Waals surface area contributed by atoms with Gasteiger partial charge in [-0.3, -0.25) is 4.79 Å². The number of ether oxygens (including phenoxy) is 1. The number of benzene rings is 2. The van der Waals surface area contributed by atoms with E-state index in [0.29, 0.717) is 17.4 Å². The molecule has 0 spiro atoms. The fraction of sp³-hybridized carbons (Fsp3) is 0.190. The van der Waals surface area contributed by atoms with Crippen molar-refractivity contribution in [2.24, 2.45) is 0 Å². The Bertz CT molecular complexity index is 1220. The van der Waals surface area contributed by atoms with Crippen LogP contribution in [0.5, 0.6) is 5.75 Å². The molecule has 0 aliphatic heterocycles. The quantitative estimate of drug-likeness (QED) is 0.521. The van der Waals surface area contributed by atoms with Gasteiger partial charge in [-0.25, -0.2) is 8.78 Å². The average Bonchev–Trinajstić information content (AvgIpc) is 3.39. The average molecular weight is 412 g/mol. The molecule has 0 saturated carbocycles. The number of likely N-dealkylation sites (N-methyl/N-ethyl adjacent to an activating group) is 1. The van der Waals surface area contributed by atoms with Gasteiger partial charge in [0.15, 0.2) is 5.82 Å². The highest BCUT2D eigenvalue weighted by Crippen LogP contribution is 2.26. The van der Waals surface area contributed by atoms with Crippen LogP contribution < -0.4 is 4.74 Å². The van der Waals surface area contributed by atoms with Gasteiger partial charge in [0.05, 0.1) is 12.7 Å². The molecule has 0 radical (unpaired) electrons. The molecule has 0 atom stereocenters. The second-order valence-corrected chi connectivity index (χ2v) is 6.75. The number of aromatic nitrogens is 3. The van der Waals surface area contributed by atoms with Crippen LogP contribution in [0.3, 0.4) is 0 Å². The number of nitrogens with zero attached hydrogens (tertiary/aromatic N) is 3. The summed E-state index contributed by atoms with van der Waals surface area (Å²) < 4.78 is 37.7. The van der Waals surface area contributed by atoms with E-state index in [1.165, 1.54) is 11.9 Å². The van der Waals surface area contributed by atoms with Crippen molar-refractivity contribution in [3.63, 3.8) is 0 Å². The van der Waals surface area contributed by atoms with E-state index >= 15 is 0 Å². The summed E-state index contributed by atoms with van der Waals surface area (Å²) in [5.41, 5.74) is 1.20. The van der Waals surface area contributed by atoms with Gasteiger partial charge in [-0.15, -0.1) is 0 Å². The lowest BCUT2D eigenvalue weighted by molar-refractivity contribution is 0.0790. The third kappa shape index (κ3) is 3.86. The molecule has 4 aromatic rings. The normalized spacial score (nSPS) is 11.1. The van der Waals surface area contributed by atoms with E-state index in [9.17, 15) is 13.6 Å². The summed E-state index contributed by atoms with van der Waals surface area (Å²) in [6.07, 6.45) is 0.288. The number of fused-ring (bicyclic) bond motifs is 1. The van der Waals surface area contributed by atoms with Crippen molar-refractivity contribution >= 4 is 16.8 Å². The Labute approximate surface area is 170 Å². The van der Waals surface area contributed by atoms with Gasteiger partial charge in [-0.1, -0.05) is 5.16 Å². The minimum absolute atomic E-state index is 0.206. The van der Waals surface area contributed by atoms with Crippen LogP contribution in [-0.2, 0) is 6.42 Å². The number of hydrogen-bond donors (Lipinski definition) is 1. The molecule has 0 fully saturated rings. The summed E-state index contributed by atoms with van der Waals surface area (Å²) in [7, 11) is 3.10. The molecule has 2 heterocycles. The standard InChI is InChI=1S/C21H18F2N4O3/c1-27(21(28)15-10-13(22)4-6-16(15)23)8-7-19-25-20(30-26-19)18-9-12-3-5-14(29-2)11-17(12)24-18/h3-6,9-11,24H,7-8H2,1-2H3. The molecule has 0 aliphatic rings. The maximum absolute atomic E-state index is 13.8. The van der Waals surface area contributed by atoms with Crippen LogP contribution in [0.15, 0.2) is 47.0 Å². The number of nitrogens with one attached hydrogen (secondary N) is 1. The van der Waals surface area contributed by atoms with Crippen LogP contribution >= 0.6 is 0 Å². The maximum atomic E-state index is 13.8. The molecule has 30 heavy (non-hydrogen) atoms. The number of carbonyl (C=O) groups is 1. The zero-order chi connectivity index (χ0) is 21.3. The summed E-state index contributed by atoms with van der Waals surface area (Å²) in [4.78, 5) is 21.2. The molecule has 1 amide bonds. The van der Waals surface area contributed by atoms with Gasteiger partial charge in [0.1, 0.15) is 23.1 Å². The second-order valence-electron chi connectivity index (χ2n) is 6.75. The molecule has 0 saturated heterocycles. The molecular formula is C21H18F2N4O3. The number of amides is 1. The highest BCUT2D eigenvalue weighted by Gasteiger charge is 2.18. The summed E-state index contributed by atoms with van der Waals surface area (Å²) in [6, 6.07) is 10.3. The fourth-order valence-electron chi connectivity index (χ4n) is 3.05. The number of aromatic amines is 1. The van der Waals surface area contributed by atoms with Crippen LogP contribution in [0.4, 0.5) is 8.78 Å². The van der Waals surface area contributed by atoms with Crippen molar-refractivity contribution in [2.75, 3.05) is 20.7 Å². The molecule has 0 bridgehead atoms. The topological polar surface area (TPSA) is 84.2 Å². The monoisotopic (exact) mass is 412 g/mol. The van der Waals surface area contributed by atoms with Gasteiger partial charge in [-0.05, 0) is 36.4 Å². The summed E-state index contributed by atoms with van der Waals surface area (Å²) in [5, 5.41) is 4.90. The van der Waals surface area contributed by atoms with E-state index in [1.807, 2.05) is 24.3 Å². The van der Waals surface area contributed by atoms with Crippen LogP contribution in [0.1, 0.15) is 16.2 Å². The third-order valence-electron chi connectivity index (χ3n) is 4.70. The molecule has 0 unspecified atom stereocenters. The Morgan fingerprint density at radius 3 is 2.83 bits per heavy atom. The first-order chi connectivity index (χ1) is 14.4. The molecular weight excluding hydrogens is 394 g/mol. The maximum Gasteiger partial charge on any atom is 0.274 e. The number of hydrogen-bond acceptors (Lipinski definition) is 5. The van der Waals surface area contributed by atoms with E-state index in [1.54, 1.807) is 7.11 Å². The first-order valence-corrected chi connectivity index (χ1v) is 9.15. The summed E-state index contributed by atoms with van der Waals surface area (Å²) in [6.45, 7) is 0.206. The van der Waals surface area contributed by atoms with Crippen LogP contribution in [0.2, 0.25) is 0 Å². The van der Waals surface area contributed by atoms with Gasteiger partial charge in [0.25, 0.3) is 11.8 Å². The summed E-state index contributed by atoms with van der Waals surface area (Å²) in [5.74, 6) is -0.645. The Morgan fingerprint density at radius 1 is 1.20 bits per heavy atom. The van der Waals surface area contributed by atoms with Crippen LogP contribution in [-0.4, -0.2) is 46.6 Å². The Balaban J connectivity index is 1.44. The first-order valence-electron chi connectivity index (χ1n) is 9.15. The molecule has 9 heteroatoms. The number of carbonyl (C=O) groups excluding carboxylic acids is 1. The fourth-order valence-corrected chi connectivity index (χ4v) is 3.05. The number of rotatable bonds is 6. The first kappa shape index (κ1) is 19.6. The molecule has 4 rings (SSSR count). The van der Waals surface area contributed by atoms with E-state index in [0.717, 1.165) is 34.9 Å². The minimum Gasteiger partial charge on any atom is -0.497 e. The van der Waals surface area contributed by atoms with E-state index in [4.69, 9.17) is 9.26 Å². The molecule has 1 N–H and O–H groups in total. The van der Waals surface area contributed by atoms with Crippen molar-refractivity contribution in [1.82, 2.24) is 20.0 Å². The lowest BCUT2D eigenvalue weighted by atomic mass is 10.2. The van der Waals surface area contributed by atoms with Crippen molar-refractivity contribution in [3.8, 4) is 17.3 Å². The molecule has 154 valence electrons. The van der Waals surface area contributed by atoms with Crippen LogP contribution in [0, 0.1) is 11.6 Å². The van der Waals surface area contributed by atoms with Crippen molar-refractivity contribution in [3.05, 3.63) is 65.5 Å². The zero-order valence-electron chi connectivity index (χ0n) is 16.3. The molecule has 2 aromatic carbocycles. The smallest absolute Gasteiger partial charge is 0.274 e. The van der Waals surface area contributed by atoms with Crippen molar-refractivity contribution < 1.29 is 22.8 Å². The minimum atomic E-state index is -0.773. The van der Waals surface area contributed by atoms with Crippen molar-refractivity contribution in [1.29, 1.82) is 0 Å². The Kier molecular flexibility index (Phi) is 5.18. The number of halogens is 2. The molecule has 2 aromatic heterocycles. The van der Waals surface area contributed by atoms with Gasteiger partial charge in [-0.2, -0.15) is 4.98 Å². The Hall–Kier alpha value is -3.75. The predicted octanol–water partition coefficient (Wildman–Crippen LogP) is 3.82. The number of H-pyrrole nitrogens is 1. The largest absolute Gasteiger partial charge is 0.497 e. The lowest BCUT2D eigenvalue weighted by Crippen LogP contribution is -2.29. The second kappa shape index (κ2) is 7.94. The van der Waals surface area contributed by atoms with Gasteiger partial charge >= 0.3 is 0 Å². The SMILES string of the molecule is COc1ccc2cc(-c3nc(CCN(C)C(=O)c4cc(F)ccc4F)no3)[nH]c2c1.